The first kappa shape index (κ1) is 14.7. The fourth-order valence-corrected chi connectivity index (χ4v) is 1.55. The first-order valence-electron chi connectivity index (χ1n) is 6.27. The normalized spacial score (nSPS) is 13.3. The molecule has 1 unspecified atom stereocenters. The van der Waals surface area contributed by atoms with E-state index in [4.69, 9.17) is 9.84 Å². The van der Waals surface area contributed by atoms with Gasteiger partial charge in [-0.3, -0.25) is 0 Å². The van der Waals surface area contributed by atoms with Crippen LogP contribution in [0.3, 0.4) is 0 Å². The van der Waals surface area contributed by atoms with Crippen LogP contribution in [0, 0.1) is 5.41 Å². The van der Waals surface area contributed by atoms with Gasteiger partial charge in [0.15, 0.2) is 6.10 Å². The molecular weight excluding hydrogens is 228 g/mol. The number of hydrogen-bond acceptors (Lipinski definition) is 2. The second-order valence-corrected chi connectivity index (χ2v) is 5.70. The molecule has 1 aromatic carbocycles. The van der Waals surface area contributed by atoms with Crippen LogP contribution in [0.15, 0.2) is 30.3 Å². The standard InChI is InChI=1S/C15H22O3/c1-15(2,3)9-10-18-13(14(16)17)11-12-7-5-4-6-8-12/h4-8,13H,9-11H2,1-3H3,(H,16,17). The quantitative estimate of drug-likeness (QED) is 0.843. The Balaban J connectivity index is 2.49. The highest BCUT2D eigenvalue weighted by molar-refractivity contribution is 5.72. The van der Waals surface area contributed by atoms with Gasteiger partial charge in [-0.25, -0.2) is 4.79 Å². The summed E-state index contributed by atoms with van der Waals surface area (Å²) in [6, 6.07) is 9.57. The number of carboxylic acid groups (broad SMARTS) is 1. The average Bonchev–Trinajstić information content (AvgIpc) is 2.27. The Hall–Kier alpha value is -1.35. The summed E-state index contributed by atoms with van der Waals surface area (Å²) < 4.78 is 5.48. The molecule has 3 heteroatoms. The van der Waals surface area contributed by atoms with Crippen molar-refractivity contribution in [1.29, 1.82) is 0 Å². The average molecular weight is 250 g/mol. The van der Waals surface area contributed by atoms with Gasteiger partial charge in [0.1, 0.15) is 0 Å². The second-order valence-electron chi connectivity index (χ2n) is 5.70. The number of benzene rings is 1. The highest BCUT2D eigenvalue weighted by atomic mass is 16.5. The van der Waals surface area contributed by atoms with E-state index >= 15 is 0 Å². The lowest BCUT2D eigenvalue weighted by Crippen LogP contribution is -2.27. The van der Waals surface area contributed by atoms with Crippen molar-refractivity contribution in [3.63, 3.8) is 0 Å². The van der Waals surface area contributed by atoms with E-state index in [2.05, 4.69) is 20.8 Å². The van der Waals surface area contributed by atoms with E-state index < -0.39 is 12.1 Å². The van der Waals surface area contributed by atoms with Gasteiger partial charge in [0, 0.05) is 13.0 Å². The Morgan fingerprint density at radius 2 is 1.89 bits per heavy atom. The van der Waals surface area contributed by atoms with Crippen LogP contribution >= 0.6 is 0 Å². The first-order valence-corrected chi connectivity index (χ1v) is 6.27. The van der Waals surface area contributed by atoms with Gasteiger partial charge in [-0.2, -0.15) is 0 Å². The summed E-state index contributed by atoms with van der Waals surface area (Å²) in [7, 11) is 0. The van der Waals surface area contributed by atoms with Crippen LogP contribution in [0.1, 0.15) is 32.8 Å². The summed E-state index contributed by atoms with van der Waals surface area (Å²) in [5.41, 5.74) is 1.15. The van der Waals surface area contributed by atoms with Crippen molar-refractivity contribution < 1.29 is 14.6 Å². The zero-order valence-electron chi connectivity index (χ0n) is 11.3. The SMILES string of the molecule is CC(C)(C)CCOC(Cc1ccccc1)C(=O)O. The van der Waals surface area contributed by atoms with E-state index in [1.807, 2.05) is 30.3 Å². The summed E-state index contributed by atoms with van der Waals surface area (Å²) in [5.74, 6) is -0.896. The smallest absolute Gasteiger partial charge is 0.333 e. The van der Waals surface area contributed by atoms with Gasteiger partial charge in [0.05, 0.1) is 0 Å². The maximum atomic E-state index is 11.1. The van der Waals surface area contributed by atoms with Crippen molar-refractivity contribution in [3.05, 3.63) is 35.9 Å². The molecule has 0 aliphatic heterocycles. The van der Waals surface area contributed by atoms with Gasteiger partial charge in [-0.15, -0.1) is 0 Å². The highest BCUT2D eigenvalue weighted by Gasteiger charge is 2.19. The Morgan fingerprint density at radius 3 is 2.39 bits per heavy atom. The minimum absolute atomic E-state index is 0.163. The zero-order valence-corrected chi connectivity index (χ0v) is 11.3. The third kappa shape index (κ3) is 5.82. The van der Waals surface area contributed by atoms with Crippen molar-refractivity contribution in [2.24, 2.45) is 5.41 Å². The molecule has 0 saturated heterocycles. The molecule has 0 radical (unpaired) electrons. The summed E-state index contributed by atoms with van der Waals surface area (Å²) in [6.07, 6.45) is 0.515. The molecule has 0 spiro atoms. The third-order valence-electron chi connectivity index (χ3n) is 2.71. The van der Waals surface area contributed by atoms with Crippen LogP contribution in [0.5, 0.6) is 0 Å². The van der Waals surface area contributed by atoms with E-state index in [1.165, 1.54) is 0 Å². The first-order chi connectivity index (χ1) is 8.38. The lowest BCUT2D eigenvalue weighted by atomic mass is 9.93. The van der Waals surface area contributed by atoms with Crippen molar-refractivity contribution in [3.8, 4) is 0 Å². The molecule has 1 rings (SSSR count). The predicted octanol–water partition coefficient (Wildman–Crippen LogP) is 3.14. The van der Waals surface area contributed by atoms with Gasteiger partial charge < -0.3 is 9.84 Å². The van der Waals surface area contributed by atoms with Gasteiger partial charge >= 0.3 is 5.97 Å². The minimum atomic E-state index is -0.896. The number of rotatable bonds is 6. The van der Waals surface area contributed by atoms with Gasteiger partial charge in [-0.1, -0.05) is 51.1 Å². The molecule has 0 aliphatic carbocycles. The van der Waals surface area contributed by atoms with Crippen molar-refractivity contribution in [1.82, 2.24) is 0 Å². The van der Waals surface area contributed by atoms with Crippen molar-refractivity contribution in [2.75, 3.05) is 6.61 Å². The highest BCUT2D eigenvalue weighted by Crippen LogP contribution is 2.18. The maximum absolute atomic E-state index is 11.1. The van der Waals surface area contributed by atoms with E-state index in [9.17, 15) is 4.79 Å². The number of carbonyl (C=O) groups is 1. The Labute approximate surface area is 109 Å². The number of aliphatic carboxylic acids is 1. The molecule has 0 aromatic heterocycles. The summed E-state index contributed by atoms with van der Waals surface area (Å²) >= 11 is 0. The van der Waals surface area contributed by atoms with Crippen LogP contribution in [-0.4, -0.2) is 23.8 Å². The molecule has 0 heterocycles. The fourth-order valence-electron chi connectivity index (χ4n) is 1.55. The van der Waals surface area contributed by atoms with E-state index in [1.54, 1.807) is 0 Å². The van der Waals surface area contributed by atoms with Crippen LogP contribution in [0.4, 0.5) is 0 Å². The van der Waals surface area contributed by atoms with Gasteiger partial charge in [0.25, 0.3) is 0 Å². The Bertz CT molecular complexity index is 365. The van der Waals surface area contributed by atoms with Crippen molar-refractivity contribution >= 4 is 5.97 Å². The molecule has 0 fully saturated rings. The lowest BCUT2D eigenvalue weighted by Gasteiger charge is -2.20. The predicted molar refractivity (Wildman–Crippen MR) is 71.6 cm³/mol. The summed E-state index contributed by atoms with van der Waals surface area (Å²) in [6.45, 7) is 6.82. The zero-order chi connectivity index (χ0) is 13.6. The molecule has 0 amide bonds. The minimum Gasteiger partial charge on any atom is -0.479 e. The molecule has 0 aliphatic rings. The number of ether oxygens (including phenoxy) is 1. The van der Waals surface area contributed by atoms with Crippen LogP contribution in [-0.2, 0) is 16.0 Å². The molecular formula is C15H22O3. The number of hydrogen-bond donors (Lipinski definition) is 1. The monoisotopic (exact) mass is 250 g/mol. The van der Waals surface area contributed by atoms with Crippen LogP contribution in [0.2, 0.25) is 0 Å². The Kier molecular flexibility index (Phi) is 5.35. The molecule has 0 bridgehead atoms. The molecule has 1 N–H and O–H groups in total. The largest absolute Gasteiger partial charge is 0.479 e. The van der Waals surface area contributed by atoms with Crippen LogP contribution < -0.4 is 0 Å². The van der Waals surface area contributed by atoms with Gasteiger partial charge in [0.2, 0.25) is 0 Å². The molecule has 18 heavy (non-hydrogen) atoms. The summed E-state index contributed by atoms with van der Waals surface area (Å²) in [4.78, 5) is 11.1. The maximum Gasteiger partial charge on any atom is 0.333 e. The van der Waals surface area contributed by atoms with E-state index in [0.29, 0.717) is 13.0 Å². The summed E-state index contributed by atoms with van der Waals surface area (Å²) in [5, 5.41) is 9.14. The Morgan fingerprint density at radius 1 is 1.28 bits per heavy atom. The van der Waals surface area contributed by atoms with Crippen LogP contribution in [0.25, 0.3) is 0 Å². The molecule has 0 saturated carbocycles. The molecule has 100 valence electrons. The van der Waals surface area contributed by atoms with Gasteiger partial charge in [-0.05, 0) is 17.4 Å². The molecule has 1 aromatic rings. The lowest BCUT2D eigenvalue weighted by molar-refractivity contribution is -0.150. The van der Waals surface area contributed by atoms with E-state index in [-0.39, 0.29) is 5.41 Å². The van der Waals surface area contributed by atoms with Crippen molar-refractivity contribution in [2.45, 2.75) is 39.7 Å². The van der Waals surface area contributed by atoms with E-state index in [0.717, 1.165) is 12.0 Å². The third-order valence-corrected chi connectivity index (χ3v) is 2.71. The topological polar surface area (TPSA) is 46.5 Å². The molecule has 1 atom stereocenters. The second kappa shape index (κ2) is 6.55. The fraction of sp³-hybridized carbons (Fsp3) is 0.533. The number of carboxylic acids is 1. The molecule has 3 nitrogen and oxygen atoms in total.